The fourth-order valence-corrected chi connectivity index (χ4v) is 3.17. The molecule has 92 valence electrons. The Morgan fingerprint density at radius 1 is 1.47 bits per heavy atom. The quantitative estimate of drug-likeness (QED) is 0.757. The maximum Gasteiger partial charge on any atom is 0.129 e. The lowest BCUT2D eigenvalue weighted by atomic mass is 10.1. The minimum absolute atomic E-state index is 0.459. The van der Waals surface area contributed by atoms with Gasteiger partial charge in [-0.15, -0.1) is 0 Å². The summed E-state index contributed by atoms with van der Waals surface area (Å²) in [6.45, 7) is 2.86. The lowest BCUT2D eigenvalue weighted by molar-refractivity contribution is -0.0588. The second kappa shape index (κ2) is 4.92. The van der Waals surface area contributed by atoms with Gasteiger partial charge in [0.1, 0.15) is 5.15 Å². The van der Waals surface area contributed by atoms with Crippen LogP contribution in [0.4, 0.5) is 0 Å². The van der Waals surface area contributed by atoms with E-state index in [4.69, 9.17) is 16.3 Å². The minimum atomic E-state index is 0.459. The van der Waals surface area contributed by atoms with Crippen LogP contribution in [0.2, 0.25) is 5.15 Å². The van der Waals surface area contributed by atoms with Gasteiger partial charge in [0.2, 0.25) is 0 Å². The normalized spacial score (nSPS) is 29.2. The van der Waals surface area contributed by atoms with Crippen LogP contribution in [-0.2, 0) is 11.3 Å². The standard InChI is InChI=1S/C13H17ClN2O/c14-13-8-10(4-5-15-13)9-16-6-7-17-12-3-1-2-11(12)16/h4-5,8,11-12H,1-3,6-7,9H2. The van der Waals surface area contributed by atoms with Gasteiger partial charge in [-0.25, -0.2) is 4.98 Å². The number of aromatic nitrogens is 1. The van der Waals surface area contributed by atoms with E-state index in [0.29, 0.717) is 17.3 Å². The molecule has 1 aliphatic carbocycles. The zero-order chi connectivity index (χ0) is 11.7. The first-order valence-electron chi connectivity index (χ1n) is 6.29. The molecule has 2 aliphatic rings. The molecule has 3 nitrogen and oxygen atoms in total. The van der Waals surface area contributed by atoms with Crippen molar-refractivity contribution < 1.29 is 4.74 Å². The Morgan fingerprint density at radius 2 is 2.41 bits per heavy atom. The third-order valence-electron chi connectivity index (χ3n) is 3.77. The molecule has 1 aromatic heterocycles. The van der Waals surface area contributed by atoms with Crippen molar-refractivity contribution in [2.24, 2.45) is 0 Å². The highest BCUT2D eigenvalue weighted by atomic mass is 35.5. The van der Waals surface area contributed by atoms with Crippen LogP contribution in [0.3, 0.4) is 0 Å². The number of nitrogens with zero attached hydrogens (tertiary/aromatic N) is 2. The first kappa shape index (κ1) is 11.5. The molecule has 0 aromatic carbocycles. The summed E-state index contributed by atoms with van der Waals surface area (Å²) < 4.78 is 5.81. The van der Waals surface area contributed by atoms with Crippen molar-refractivity contribution in [1.29, 1.82) is 0 Å². The number of hydrogen-bond acceptors (Lipinski definition) is 3. The maximum atomic E-state index is 5.92. The van der Waals surface area contributed by atoms with E-state index in [-0.39, 0.29) is 0 Å². The number of ether oxygens (including phenoxy) is 1. The van der Waals surface area contributed by atoms with Gasteiger partial charge >= 0.3 is 0 Å². The van der Waals surface area contributed by atoms with Crippen molar-refractivity contribution in [3.05, 3.63) is 29.0 Å². The lowest BCUT2D eigenvalue weighted by Gasteiger charge is -2.37. The van der Waals surface area contributed by atoms with Gasteiger partial charge in [-0.2, -0.15) is 0 Å². The fraction of sp³-hybridized carbons (Fsp3) is 0.615. The third kappa shape index (κ3) is 2.46. The monoisotopic (exact) mass is 252 g/mol. The Balaban J connectivity index is 1.71. The molecule has 0 bridgehead atoms. The number of pyridine rings is 1. The number of fused-ring (bicyclic) bond motifs is 1. The lowest BCUT2D eigenvalue weighted by Crippen LogP contribution is -2.47. The number of halogens is 1. The third-order valence-corrected chi connectivity index (χ3v) is 3.98. The van der Waals surface area contributed by atoms with Gasteiger partial charge in [0, 0.05) is 25.3 Å². The van der Waals surface area contributed by atoms with E-state index in [1.807, 2.05) is 12.1 Å². The molecule has 0 radical (unpaired) electrons. The SMILES string of the molecule is Clc1cc(CN2CCOC3CCCC32)ccn1. The molecule has 17 heavy (non-hydrogen) atoms. The molecule has 0 spiro atoms. The molecule has 1 aromatic rings. The zero-order valence-electron chi connectivity index (χ0n) is 9.81. The predicted molar refractivity (Wildman–Crippen MR) is 67.0 cm³/mol. The van der Waals surface area contributed by atoms with Crippen LogP contribution in [0, 0.1) is 0 Å². The van der Waals surface area contributed by atoms with E-state index >= 15 is 0 Å². The molecule has 2 unspecified atom stereocenters. The average Bonchev–Trinajstić information content (AvgIpc) is 2.78. The summed E-state index contributed by atoms with van der Waals surface area (Å²) in [5.74, 6) is 0. The highest BCUT2D eigenvalue weighted by Crippen LogP contribution is 2.30. The van der Waals surface area contributed by atoms with Crippen molar-refractivity contribution in [3.63, 3.8) is 0 Å². The average molecular weight is 253 g/mol. The largest absolute Gasteiger partial charge is 0.375 e. The Labute approximate surface area is 107 Å². The van der Waals surface area contributed by atoms with Crippen LogP contribution in [0.5, 0.6) is 0 Å². The van der Waals surface area contributed by atoms with Crippen molar-refractivity contribution >= 4 is 11.6 Å². The van der Waals surface area contributed by atoms with E-state index in [9.17, 15) is 0 Å². The Hall–Kier alpha value is -0.640. The molecule has 1 aliphatic heterocycles. The summed E-state index contributed by atoms with van der Waals surface area (Å²) in [4.78, 5) is 6.56. The minimum Gasteiger partial charge on any atom is -0.375 e. The summed E-state index contributed by atoms with van der Waals surface area (Å²) in [7, 11) is 0. The summed E-state index contributed by atoms with van der Waals surface area (Å²) in [5.41, 5.74) is 1.25. The molecule has 0 N–H and O–H groups in total. The van der Waals surface area contributed by atoms with E-state index in [1.165, 1.54) is 24.8 Å². The van der Waals surface area contributed by atoms with Crippen molar-refractivity contribution in [1.82, 2.24) is 9.88 Å². The summed E-state index contributed by atoms with van der Waals surface area (Å²) in [5, 5.41) is 0.582. The predicted octanol–water partition coefficient (Wildman–Crippen LogP) is 2.49. The first-order chi connectivity index (χ1) is 8.33. The number of morpholine rings is 1. The number of rotatable bonds is 2. The van der Waals surface area contributed by atoms with Crippen LogP contribution >= 0.6 is 11.6 Å². The maximum absolute atomic E-state index is 5.92. The molecule has 2 atom stereocenters. The molecular weight excluding hydrogens is 236 g/mol. The van der Waals surface area contributed by atoms with E-state index in [0.717, 1.165) is 19.7 Å². The Morgan fingerprint density at radius 3 is 3.29 bits per heavy atom. The van der Waals surface area contributed by atoms with Gasteiger partial charge in [0.15, 0.2) is 0 Å². The number of hydrogen-bond donors (Lipinski definition) is 0. The van der Waals surface area contributed by atoms with Crippen LogP contribution in [0.1, 0.15) is 24.8 Å². The second-order valence-electron chi connectivity index (χ2n) is 4.86. The fourth-order valence-electron chi connectivity index (χ4n) is 2.98. The van der Waals surface area contributed by atoms with Crippen molar-refractivity contribution in [2.75, 3.05) is 13.2 Å². The van der Waals surface area contributed by atoms with E-state index < -0.39 is 0 Å². The highest BCUT2D eigenvalue weighted by Gasteiger charge is 2.35. The van der Waals surface area contributed by atoms with Crippen molar-refractivity contribution in [3.8, 4) is 0 Å². The summed E-state index contributed by atoms with van der Waals surface area (Å²) in [6, 6.07) is 4.61. The van der Waals surface area contributed by atoms with Gasteiger partial charge in [-0.3, -0.25) is 4.90 Å². The van der Waals surface area contributed by atoms with Crippen LogP contribution < -0.4 is 0 Å². The summed E-state index contributed by atoms with van der Waals surface area (Å²) >= 11 is 5.92. The van der Waals surface area contributed by atoms with Gasteiger partial charge in [0.05, 0.1) is 12.7 Å². The van der Waals surface area contributed by atoms with Crippen LogP contribution in [-0.4, -0.2) is 35.2 Å². The molecule has 3 rings (SSSR count). The van der Waals surface area contributed by atoms with Gasteiger partial charge in [-0.1, -0.05) is 11.6 Å². The molecule has 2 fully saturated rings. The van der Waals surface area contributed by atoms with E-state index in [2.05, 4.69) is 9.88 Å². The second-order valence-corrected chi connectivity index (χ2v) is 5.25. The topological polar surface area (TPSA) is 25.4 Å². The van der Waals surface area contributed by atoms with Crippen molar-refractivity contribution in [2.45, 2.75) is 38.0 Å². The Bertz CT molecular complexity index is 399. The molecule has 2 heterocycles. The molecule has 4 heteroatoms. The molecule has 1 saturated carbocycles. The molecule has 0 amide bonds. The molecule has 1 saturated heterocycles. The summed E-state index contributed by atoms with van der Waals surface area (Å²) in [6.07, 6.45) is 6.02. The van der Waals surface area contributed by atoms with Crippen LogP contribution in [0.25, 0.3) is 0 Å². The zero-order valence-corrected chi connectivity index (χ0v) is 10.6. The molecular formula is C13H17ClN2O. The van der Waals surface area contributed by atoms with Gasteiger partial charge in [-0.05, 0) is 37.0 Å². The Kier molecular flexibility index (Phi) is 3.32. The van der Waals surface area contributed by atoms with E-state index in [1.54, 1.807) is 6.20 Å². The van der Waals surface area contributed by atoms with Gasteiger partial charge in [0.25, 0.3) is 0 Å². The van der Waals surface area contributed by atoms with Crippen LogP contribution in [0.15, 0.2) is 18.3 Å². The first-order valence-corrected chi connectivity index (χ1v) is 6.67. The smallest absolute Gasteiger partial charge is 0.129 e. The highest BCUT2D eigenvalue weighted by molar-refractivity contribution is 6.29. The van der Waals surface area contributed by atoms with Gasteiger partial charge < -0.3 is 4.74 Å².